The Kier molecular flexibility index (Phi) is 6.56. The molecular formula is C12H17F5O4. The van der Waals surface area contributed by atoms with Crippen molar-refractivity contribution in [2.45, 2.75) is 45.7 Å². The standard InChI is InChI=1S/C12H17F5O4/c1-4-8(18)20-6-10(3,5-2)9(19)21-7-11(13,14)12(15,16)17/h4-7H2,1-3H3. The van der Waals surface area contributed by atoms with Crippen LogP contribution in [0.1, 0.15) is 33.6 Å². The number of halogens is 5. The number of hydrogen-bond acceptors (Lipinski definition) is 4. The summed E-state index contributed by atoms with van der Waals surface area (Å²) in [7, 11) is 0. The molecule has 0 aliphatic heterocycles. The van der Waals surface area contributed by atoms with E-state index >= 15 is 0 Å². The van der Waals surface area contributed by atoms with Crippen LogP contribution in [-0.4, -0.2) is 37.3 Å². The third-order valence-electron chi connectivity index (χ3n) is 2.91. The van der Waals surface area contributed by atoms with Gasteiger partial charge in [-0.3, -0.25) is 9.59 Å². The van der Waals surface area contributed by atoms with E-state index in [4.69, 9.17) is 4.74 Å². The van der Waals surface area contributed by atoms with Crippen molar-refractivity contribution < 1.29 is 41.0 Å². The van der Waals surface area contributed by atoms with Gasteiger partial charge in [0.1, 0.15) is 6.61 Å². The summed E-state index contributed by atoms with van der Waals surface area (Å²) in [5, 5.41) is 0. The molecule has 0 saturated heterocycles. The zero-order chi connectivity index (χ0) is 16.9. The van der Waals surface area contributed by atoms with Gasteiger partial charge in [-0.1, -0.05) is 13.8 Å². The molecular weight excluding hydrogens is 303 g/mol. The molecule has 124 valence electrons. The summed E-state index contributed by atoms with van der Waals surface area (Å²) in [6, 6.07) is 0. The highest BCUT2D eigenvalue weighted by molar-refractivity contribution is 5.77. The van der Waals surface area contributed by atoms with Crippen molar-refractivity contribution in [1.29, 1.82) is 0 Å². The van der Waals surface area contributed by atoms with Gasteiger partial charge in [-0.15, -0.1) is 0 Å². The van der Waals surface area contributed by atoms with Crippen LogP contribution in [0.3, 0.4) is 0 Å². The van der Waals surface area contributed by atoms with Gasteiger partial charge in [0.25, 0.3) is 0 Å². The molecule has 21 heavy (non-hydrogen) atoms. The number of rotatable bonds is 7. The van der Waals surface area contributed by atoms with Crippen molar-refractivity contribution in [3.63, 3.8) is 0 Å². The van der Waals surface area contributed by atoms with Crippen molar-refractivity contribution in [1.82, 2.24) is 0 Å². The van der Waals surface area contributed by atoms with Crippen molar-refractivity contribution in [3.05, 3.63) is 0 Å². The maximum atomic E-state index is 12.7. The Morgan fingerprint density at radius 3 is 1.86 bits per heavy atom. The minimum atomic E-state index is -5.80. The average molecular weight is 320 g/mol. The Hall–Kier alpha value is -1.41. The van der Waals surface area contributed by atoms with Crippen LogP contribution in [-0.2, 0) is 19.1 Å². The first-order chi connectivity index (χ1) is 9.39. The number of hydrogen-bond donors (Lipinski definition) is 0. The van der Waals surface area contributed by atoms with Gasteiger partial charge >= 0.3 is 24.0 Å². The first kappa shape index (κ1) is 19.6. The highest BCUT2D eigenvalue weighted by Gasteiger charge is 2.58. The van der Waals surface area contributed by atoms with E-state index in [1.807, 2.05) is 0 Å². The van der Waals surface area contributed by atoms with E-state index < -0.39 is 42.7 Å². The summed E-state index contributed by atoms with van der Waals surface area (Å²) in [5.74, 6) is -7.03. The third-order valence-corrected chi connectivity index (χ3v) is 2.91. The Morgan fingerprint density at radius 2 is 1.48 bits per heavy atom. The van der Waals surface area contributed by atoms with Gasteiger partial charge in [-0.2, -0.15) is 22.0 Å². The summed E-state index contributed by atoms with van der Waals surface area (Å²) in [6.07, 6.45) is -5.72. The second-order valence-corrected chi connectivity index (χ2v) is 4.71. The molecule has 0 N–H and O–H groups in total. The summed E-state index contributed by atoms with van der Waals surface area (Å²) in [6.45, 7) is 1.69. The van der Waals surface area contributed by atoms with Crippen LogP contribution in [0.5, 0.6) is 0 Å². The molecule has 0 fully saturated rings. The molecule has 0 spiro atoms. The molecule has 0 aliphatic rings. The lowest BCUT2D eigenvalue weighted by molar-refractivity contribution is -0.295. The number of alkyl halides is 5. The fourth-order valence-corrected chi connectivity index (χ4v) is 1.06. The number of carbonyl (C=O) groups is 2. The molecule has 1 unspecified atom stereocenters. The SMILES string of the molecule is CCC(=O)OCC(C)(CC)C(=O)OCC(F)(F)C(F)(F)F. The minimum absolute atomic E-state index is 0.0421. The highest BCUT2D eigenvalue weighted by atomic mass is 19.4. The van der Waals surface area contributed by atoms with Crippen molar-refractivity contribution >= 4 is 11.9 Å². The second-order valence-electron chi connectivity index (χ2n) is 4.71. The van der Waals surface area contributed by atoms with Crippen LogP contribution in [0.15, 0.2) is 0 Å². The van der Waals surface area contributed by atoms with E-state index in [9.17, 15) is 31.5 Å². The molecule has 0 saturated carbocycles. The first-order valence-electron chi connectivity index (χ1n) is 6.17. The van der Waals surface area contributed by atoms with Gasteiger partial charge in [0.05, 0.1) is 5.41 Å². The monoisotopic (exact) mass is 320 g/mol. The average Bonchev–Trinajstić information content (AvgIpc) is 2.40. The Bertz CT molecular complexity index is 380. The van der Waals surface area contributed by atoms with E-state index in [0.717, 1.165) is 0 Å². The summed E-state index contributed by atoms with van der Waals surface area (Å²) < 4.78 is 70.0. The fourth-order valence-electron chi connectivity index (χ4n) is 1.06. The molecule has 0 aromatic carbocycles. The van der Waals surface area contributed by atoms with Crippen LogP contribution >= 0.6 is 0 Å². The minimum Gasteiger partial charge on any atom is -0.464 e. The van der Waals surface area contributed by atoms with Crippen LogP contribution in [0.4, 0.5) is 22.0 Å². The van der Waals surface area contributed by atoms with E-state index in [0.29, 0.717) is 0 Å². The number of ether oxygens (including phenoxy) is 2. The summed E-state index contributed by atoms with van der Waals surface area (Å²) in [5.41, 5.74) is -1.48. The Morgan fingerprint density at radius 1 is 0.952 bits per heavy atom. The smallest absolute Gasteiger partial charge is 0.456 e. The second kappa shape index (κ2) is 7.04. The van der Waals surface area contributed by atoms with Gasteiger partial charge in [0.15, 0.2) is 6.61 Å². The topological polar surface area (TPSA) is 52.6 Å². The van der Waals surface area contributed by atoms with E-state index in [1.165, 1.54) is 20.8 Å². The van der Waals surface area contributed by atoms with Gasteiger partial charge in [0, 0.05) is 6.42 Å². The first-order valence-corrected chi connectivity index (χ1v) is 6.17. The summed E-state index contributed by atoms with van der Waals surface area (Å²) >= 11 is 0. The van der Waals surface area contributed by atoms with E-state index in [-0.39, 0.29) is 12.8 Å². The third kappa shape index (κ3) is 5.47. The largest absolute Gasteiger partial charge is 0.464 e. The van der Waals surface area contributed by atoms with Crippen molar-refractivity contribution in [2.24, 2.45) is 5.41 Å². The van der Waals surface area contributed by atoms with E-state index in [2.05, 4.69) is 4.74 Å². The molecule has 0 aliphatic carbocycles. The fraction of sp³-hybridized carbons (Fsp3) is 0.833. The molecule has 0 amide bonds. The molecule has 0 radical (unpaired) electrons. The molecule has 0 heterocycles. The van der Waals surface area contributed by atoms with Crippen molar-refractivity contribution in [3.8, 4) is 0 Å². The lowest BCUT2D eigenvalue weighted by Gasteiger charge is -2.27. The number of carbonyl (C=O) groups excluding carboxylic acids is 2. The normalized spacial score (nSPS) is 15.2. The Balaban J connectivity index is 4.69. The van der Waals surface area contributed by atoms with Crippen LogP contribution in [0.2, 0.25) is 0 Å². The van der Waals surface area contributed by atoms with Crippen LogP contribution < -0.4 is 0 Å². The maximum Gasteiger partial charge on any atom is 0.456 e. The highest BCUT2D eigenvalue weighted by Crippen LogP contribution is 2.36. The molecule has 1 atom stereocenters. The van der Waals surface area contributed by atoms with Gasteiger partial charge < -0.3 is 9.47 Å². The lowest BCUT2D eigenvalue weighted by Crippen LogP contribution is -2.44. The van der Waals surface area contributed by atoms with Crippen LogP contribution in [0, 0.1) is 5.41 Å². The lowest BCUT2D eigenvalue weighted by atomic mass is 9.89. The maximum absolute atomic E-state index is 12.7. The zero-order valence-electron chi connectivity index (χ0n) is 11.9. The molecule has 0 aromatic rings. The van der Waals surface area contributed by atoms with Gasteiger partial charge in [-0.25, -0.2) is 0 Å². The predicted octanol–water partition coefficient (Wildman–Crippen LogP) is 3.10. The number of esters is 2. The van der Waals surface area contributed by atoms with Gasteiger partial charge in [0.2, 0.25) is 0 Å². The molecule has 4 nitrogen and oxygen atoms in total. The molecule has 0 bridgehead atoms. The van der Waals surface area contributed by atoms with Gasteiger partial charge in [-0.05, 0) is 13.3 Å². The predicted molar refractivity (Wildman–Crippen MR) is 61.6 cm³/mol. The van der Waals surface area contributed by atoms with E-state index in [1.54, 1.807) is 0 Å². The quantitative estimate of drug-likeness (QED) is 0.534. The van der Waals surface area contributed by atoms with Crippen LogP contribution in [0.25, 0.3) is 0 Å². The van der Waals surface area contributed by atoms with Crippen molar-refractivity contribution in [2.75, 3.05) is 13.2 Å². The Labute approximate surface area is 118 Å². The zero-order valence-corrected chi connectivity index (χ0v) is 11.9. The molecule has 0 aromatic heterocycles. The summed E-state index contributed by atoms with van der Waals surface area (Å²) in [4.78, 5) is 22.7. The molecule has 9 heteroatoms. The molecule has 0 rings (SSSR count).